The minimum absolute atomic E-state index is 0.127. The first-order chi connectivity index (χ1) is 27.6. The molecule has 0 bridgehead atoms. The van der Waals surface area contributed by atoms with Crippen molar-refractivity contribution in [1.29, 1.82) is 0 Å². The van der Waals surface area contributed by atoms with Gasteiger partial charge in [-0.2, -0.15) is 0 Å². The lowest BCUT2D eigenvalue weighted by molar-refractivity contribution is -0.161. The molecule has 1 atom stereocenters. The molecule has 0 aromatic heterocycles. The van der Waals surface area contributed by atoms with Crippen LogP contribution in [0.5, 0.6) is 0 Å². The van der Waals surface area contributed by atoms with Crippen molar-refractivity contribution in [1.82, 2.24) is 0 Å². The Morgan fingerprint density at radius 1 is 0.429 bits per heavy atom. The van der Waals surface area contributed by atoms with Crippen LogP contribution in [0.3, 0.4) is 0 Å². The van der Waals surface area contributed by atoms with Crippen LogP contribution in [0.1, 0.15) is 194 Å². The van der Waals surface area contributed by atoms with Crippen LogP contribution in [0.4, 0.5) is 0 Å². The molecular weight excluding hydrogens is 693 g/mol. The lowest BCUT2D eigenvalue weighted by Crippen LogP contribution is -2.28. The van der Waals surface area contributed by atoms with Crippen LogP contribution in [-0.2, 0) is 19.1 Å². The summed E-state index contributed by atoms with van der Waals surface area (Å²) < 4.78 is 10.5. The Morgan fingerprint density at radius 2 is 0.821 bits per heavy atom. The molecule has 5 nitrogen and oxygen atoms in total. The molecule has 0 spiro atoms. The lowest BCUT2D eigenvalue weighted by Gasteiger charge is -2.15. The Morgan fingerprint density at radius 3 is 1.29 bits per heavy atom. The van der Waals surface area contributed by atoms with Crippen LogP contribution in [0.25, 0.3) is 0 Å². The maximum absolute atomic E-state index is 12.2. The summed E-state index contributed by atoms with van der Waals surface area (Å²) >= 11 is 0. The molecule has 56 heavy (non-hydrogen) atoms. The first-order valence-electron chi connectivity index (χ1n) is 22.8. The van der Waals surface area contributed by atoms with E-state index < -0.39 is 6.10 Å². The lowest BCUT2D eigenvalue weighted by atomic mass is 10.0. The van der Waals surface area contributed by atoms with Crippen LogP contribution in [-0.4, -0.2) is 36.4 Å². The van der Waals surface area contributed by atoms with Crippen LogP contribution in [0, 0.1) is 0 Å². The number of esters is 2. The molecule has 0 aliphatic rings. The van der Waals surface area contributed by atoms with E-state index in [9.17, 15) is 14.7 Å². The zero-order valence-corrected chi connectivity index (χ0v) is 36.1. The number of carbonyl (C=O) groups excluding carboxylic acids is 2. The molecule has 0 amide bonds. The van der Waals surface area contributed by atoms with Crippen molar-refractivity contribution in [2.45, 2.75) is 200 Å². The summed E-state index contributed by atoms with van der Waals surface area (Å²) in [6.07, 6.45) is 65.1. The Balaban J connectivity index is 3.70. The number of hydrogen-bond acceptors (Lipinski definition) is 5. The second-order valence-corrected chi connectivity index (χ2v) is 14.7. The Labute approximate surface area is 345 Å². The Hall–Kier alpha value is -3.18. The third-order valence-corrected chi connectivity index (χ3v) is 9.35. The normalized spacial score (nSPS) is 13.1. The predicted molar refractivity (Wildman–Crippen MR) is 242 cm³/mol. The van der Waals surface area contributed by atoms with Gasteiger partial charge in [0.2, 0.25) is 0 Å². The number of aliphatic hydroxyl groups is 1. The average Bonchev–Trinajstić information content (AvgIpc) is 3.20. The number of hydrogen-bond donors (Lipinski definition) is 1. The SMILES string of the molecule is CC/C=C/C/C=C/C/C=C/C/C=C/C/C=C/C/C=C/CCC(=O)OC[C@H](CO)OC(=O)CCC/C=C/CC/C=C/CCCCCCCCCCCCCCCC. The van der Waals surface area contributed by atoms with Crippen molar-refractivity contribution >= 4 is 11.9 Å². The molecule has 0 radical (unpaired) electrons. The number of ether oxygens (including phenoxy) is 2. The molecule has 0 unspecified atom stereocenters. The van der Waals surface area contributed by atoms with E-state index in [1.54, 1.807) is 0 Å². The van der Waals surface area contributed by atoms with E-state index >= 15 is 0 Å². The molecule has 0 aliphatic heterocycles. The zero-order chi connectivity index (χ0) is 40.7. The zero-order valence-electron chi connectivity index (χ0n) is 36.1. The Bertz CT molecular complexity index is 1110. The van der Waals surface area contributed by atoms with Gasteiger partial charge in [-0.1, -0.05) is 195 Å². The van der Waals surface area contributed by atoms with Gasteiger partial charge < -0.3 is 14.6 Å². The van der Waals surface area contributed by atoms with Gasteiger partial charge in [0.05, 0.1) is 6.61 Å². The molecule has 5 heteroatoms. The van der Waals surface area contributed by atoms with Gasteiger partial charge in [0.1, 0.15) is 6.61 Å². The maximum atomic E-state index is 12.2. The smallest absolute Gasteiger partial charge is 0.306 e. The van der Waals surface area contributed by atoms with Crippen molar-refractivity contribution in [3.8, 4) is 0 Å². The molecular formula is C51H84O5. The van der Waals surface area contributed by atoms with Gasteiger partial charge in [0, 0.05) is 12.8 Å². The van der Waals surface area contributed by atoms with Crippen LogP contribution in [0.15, 0.2) is 97.2 Å². The van der Waals surface area contributed by atoms with Gasteiger partial charge in [-0.15, -0.1) is 0 Å². The van der Waals surface area contributed by atoms with Crippen molar-refractivity contribution in [2.75, 3.05) is 13.2 Å². The topological polar surface area (TPSA) is 72.8 Å². The minimum atomic E-state index is -0.829. The number of carbonyl (C=O) groups is 2. The standard InChI is InChI=1S/C51H84O5/c1-3-5-7-9-11-13-15-17-19-21-23-24-25-26-28-30-32-34-36-38-40-42-44-46-51(54)56-49(47-52)48-55-50(53)45-43-41-39-37-35-33-31-29-27-22-20-18-16-14-12-10-8-6-4-2/h6,8,12,14,18,20,27,29-30,32-33,35,38-41,49,52H,3-5,7,9-11,13,15-17,19,21-26,28,31,34,36-37,42-48H2,1-2H3/b8-6+,14-12+,20-18+,29-27+,32-30+,35-33+,40-38+,41-39+/t49-/m0/s1. The van der Waals surface area contributed by atoms with E-state index in [0.29, 0.717) is 12.8 Å². The minimum Gasteiger partial charge on any atom is -0.462 e. The molecule has 0 saturated carbocycles. The number of rotatable bonds is 40. The summed E-state index contributed by atoms with van der Waals surface area (Å²) in [6, 6.07) is 0. The summed E-state index contributed by atoms with van der Waals surface area (Å²) in [5.41, 5.74) is 0. The van der Waals surface area contributed by atoms with E-state index in [1.807, 2.05) is 12.2 Å². The molecule has 0 aromatic rings. The van der Waals surface area contributed by atoms with E-state index in [-0.39, 0.29) is 38.0 Å². The quantitative estimate of drug-likeness (QED) is 0.0381. The van der Waals surface area contributed by atoms with Crippen LogP contribution >= 0.6 is 0 Å². The molecule has 0 rings (SSSR count). The monoisotopic (exact) mass is 777 g/mol. The summed E-state index contributed by atoms with van der Waals surface area (Å²) in [7, 11) is 0. The first-order valence-corrected chi connectivity index (χ1v) is 22.8. The fourth-order valence-corrected chi connectivity index (χ4v) is 5.95. The van der Waals surface area contributed by atoms with Crippen molar-refractivity contribution in [2.24, 2.45) is 0 Å². The molecule has 1 N–H and O–H groups in total. The molecule has 318 valence electrons. The summed E-state index contributed by atoms with van der Waals surface area (Å²) in [6.45, 7) is 3.93. The van der Waals surface area contributed by atoms with Crippen molar-refractivity contribution in [3.05, 3.63) is 97.2 Å². The molecule has 0 saturated heterocycles. The van der Waals surface area contributed by atoms with Crippen LogP contribution in [0.2, 0.25) is 0 Å². The average molecular weight is 777 g/mol. The van der Waals surface area contributed by atoms with Crippen molar-refractivity contribution < 1.29 is 24.2 Å². The highest BCUT2D eigenvalue weighted by atomic mass is 16.6. The maximum Gasteiger partial charge on any atom is 0.306 e. The van der Waals surface area contributed by atoms with Gasteiger partial charge >= 0.3 is 11.9 Å². The van der Waals surface area contributed by atoms with E-state index in [2.05, 4.69) is 98.9 Å². The van der Waals surface area contributed by atoms with Gasteiger partial charge in [0.25, 0.3) is 0 Å². The highest BCUT2D eigenvalue weighted by Crippen LogP contribution is 2.14. The third kappa shape index (κ3) is 43.5. The van der Waals surface area contributed by atoms with Gasteiger partial charge in [-0.3, -0.25) is 9.59 Å². The van der Waals surface area contributed by atoms with Gasteiger partial charge in [0.15, 0.2) is 6.10 Å². The summed E-state index contributed by atoms with van der Waals surface area (Å²) in [4.78, 5) is 24.3. The van der Waals surface area contributed by atoms with Gasteiger partial charge in [-0.05, 0) is 83.5 Å². The van der Waals surface area contributed by atoms with Crippen molar-refractivity contribution in [3.63, 3.8) is 0 Å². The third-order valence-electron chi connectivity index (χ3n) is 9.35. The van der Waals surface area contributed by atoms with Crippen LogP contribution < -0.4 is 0 Å². The Kier molecular flexibility index (Phi) is 43.6. The number of allylic oxidation sites excluding steroid dienone is 16. The second-order valence-electron chi connectivity index (χ2n) is 14.7. The number of aliphatic hydroxyl groups excluding tert-OH is 1. The second kappa shape index (κ2) is 46.2. The fraction of sp³-hybridized carbons (Fsp3) is 0.647. The van der Waals surface area contributed by atoms with Gasteiger partial charge in [-0.25, -0.2) is 0 Å². The molecule has 0 aliphatic carbocycles. The molecule has 0 fully saturated rings. The predicted octanol–water partition coefficient (Wildman–Crippen LogP) is 14.8. The number of unbranched alkanes of at least 4 members (excludes halogenated alkanes) is 16. The van der Waals surface area contributed by atoms with E-state index in [0.717, 1.165) is 57.8 Å². The van der Waals surface area contributed by atoms with E-state index in [1.165, 1.54) is 96.3 Å². The highest BCUT2D eigenvalue weighted by Gasteiger charge is 2.15. The molecule has 0 aromatic carbocycles. The molecule has 0 heterocycles. The highest BCUT2D eigenvalue weighted by molar-refractivity contribution is 5.70. The summed E-state index contributed by atoms with van der Waals surface area (Å²) in [5.74, 6) is -0.744. The van der Waals surface area contributed by atoms with E-state index in [4.69, 9.17) is 9.47 Å². The fourth-order valence-electron chi connectivity index (χ4n) is 5.95. The first kappa shape index (κ1) is 52.8. The summed E-state index contributed by atoms with van der Waals surface area (Å²) in [5, 5.41) is 9.58. The largest absolute Gasteiger partial charge is 0.462 e.